The third-order valence-corrected chi connectivity index (χ3v) is 4.21. The van der Waals surface area contributed by atoms with Gasteiger partial charge in [-0.3, -0.25) is 4.79 Å². The van der Waals surface area contributed by atoms with Crippen molar-refractivity contribution in [3.8, 4) is 5.75 Å². The van der Waals surface area contributed by atoms with Gasteiger partial charge in [-0.05, 0) is 60.6 Å². The molecule has 5 nitrogen and oxygen atoms in total. The topological polar surface area (TPSA) is 77.8 Å². The Balaban J connectivity index is 2.39. The summed E-state index contributed by atoms with van der Waals surface area (Å²) in [6, 6.07) is 4.70. The monoisotopic (exact) mass is 375 g/mol. The number of hydrogen-bond acceptors (Lipinski definition) is 3. The van der Waals surface area contributed by atoms with Gasteiger partial charge < -0.3 is 15.1 Å². The number of likely N-dealkylation sites (tertiary alicyclic amines) is 1. The second-order valence-electron chi connectivity index (χ2n) is 4.80. The lowest BCUT2D eigenvalue weighted by molar-refractivity contribution is -0.147. The molecule has 19 heavy (non-hydrogen) atoms. The van der Waals surface area contributed by atoms with Gasteiger partial charge in [0.05, 0.1) is 5.56 Å². The summed E-state index contributed by atoms with van der Waals surface area (Å²) in [6.45, 7) is 1.94. The highest BCUT2D eigenvalue weighted by Crippen LogP contribution is 2.32. The van der Waals surface area contributed by atoms with Crippen molar-refractivity contribution in [2.24, 2.45) is 0 Å². The van der Waals surface area contributed by atoms with Gasteiger partial charge in [0.1, 0.15) is 11.3 Å². The number of hydrogen-bond donors (Lipinski definition) is 2. The highest BCUT2D eigenvalue weighted by atomic mass is 127. The molecule has 1 aromatic carbocycles. The number of carbonyl (C=O) groups is 2. The van der Waals surface area contributed by atoms with Crippen molar-refractivity contribution in [1.29, 1.82) is 0 Å². The minimum absolute atomic E-state index is 0.120. The summed E-state index contributed by atoms with van der Waals surface area (Å²) in [5, 5.41) is 19.1. The minimum Gasteiger partial charge on any atom is -0.507 e. The summed E-state index contributed by atoms with van der Waals surface area (Å²) in [5.74, 6) is -1.56. The van der Waals surface area contributed by atoms with Gasteiger partial charge in [0.2, 0.25) is 0 Å². The number of amides is 1. The number of nitrogens with zero attached hydrogens (tertiary/aromatic N) is 1. The summed E-state index contributed by atoms with van der Waals surface area (Å²) in [7, 11) is 0. The summed E-state index contributed by atoms with van der Waals surface area (Å²) < 4.78 is 0.815. The smallest absolute Gasteiger partial charge is 0.329 e. The van der Waals surface area contributed by atoms with E-state index in [1.54, 1.807) is 19.1 Å². The molecular formula is C13H14INO4. The fraction of sp³-hybridized carbons (Fsp3) is 0.385. The fourth-order valence-corrected chi connectivity index (χ4v) is 2.83. The van der Waals surface area contributed by atoms with E-state index in [1.165, 1.54) is 11.0 Å². The van der Waals surface area contributed by atoms with Crippen molar-refractivity contribution < 1.29 is 19.8 Å². The molecule has 1 aromatic rings. The van der Waals surface area contributed by atoms with E-state index < -0.39 is 17.4 Å². The molecule has 102 valence electrons. The molecule has 0 spiro atoms. The van der Waals surface area contributed by atoms with E-state index in [2.05, 4.69) is 0 Å². The lowest BCUT2D eigenvalue weighted by atomic mass is 9.98. The molecule has 1 amide bonds. The second kappa shape index (κ2) is 4.99. The van der Waals surface area contributed by atoms with E-state index in [4.69, 9.17) is 0 Å². The molecule has 1 aliphatic rings. The van der Waals surface area contributed by atoms with Crippen molar-refractivity contribution >= 4 is 34.5 Å². The molecule has 0 aliphatic carbocycles. The first-order chi connectivity index (χ1) is 8.86. The van der Waals surface area contributed by atoms with Gasteiger partial charge in [0.15, 0.2) is 0 Å². The molecule has 1 unspecified atom stereocenters. The van der Waals surface area contributed by atoms with Crippen LogP contribution in [0, 0.1) is 3.57 Å². The van der Waals surface area contributed by atoms with Crippen LogP contribution in [0.4, 0.5) is 0 Å². The third-order valence-electron chi connectivity index (χ3n) is 3.54. The number of aromatic hydroxyl groups is 1. The predicted molar refractivity (Wildman–Crippen MR) is 77.1 cm³/mol. The zero-order chi connectivity index (χ0) is 14.2. The molecule has 0 bridgehead atoms. The lowest BCUT2D eigenvalue weighted by Gasteiger charge is -2.31. The summed E-state index contributed by atoms with van der Waals surface area (Å²) in [5.41, 5.74) is -1.04. The van der Waals surface area contributed by atoms with Crippen LogP contribution in [0.15, 0.2) is 18.2 Å². The molecule has 0 aromatic heterocycles. The first-order valence-corrected chi connectivity index (χ1v) is 6.98. The number of aliphatic carboxylic acids is 1. The summed E-state index contributed by atoms with van der Waals surface area (Å²) in [4.78, 5) is 25.1. The molecule has 0 saturated carbocycles. The van der Waals surface area contributed by atoms with Gasteiger partial charge in [0, 0.05) is 10.1 Å². The Labute approximate surface area is 124 Å². The van der Waals surface area contributed by atoms with E-state index in [-0.39, 0.29) is 11.3 Å². The van der Waals surface area contributed by atoms with Crippen molar-refractivity contribution in [3.05, 3.63) is 27.3 Å². The number of phenols is 1. The molecule has 1 heterocycles. The van der Waals surface area contributed by atoms with E-state index in [9.17, 15) is 19.8 Å². The maximum Gasteiger partial charge on any atom is 0.329 e. The Morgan fingerprint density at radius 3 is 2.74 bits per heavy atom. The van der Waals surface area contributed by atoms with Gasteiger partial charge in [-0.1, -0.05) is 0 Å². The quantitative estimate of drug-likeness (QED) is 0.776. The number of carboxylic acid groups (broad SMARTS) is 1. The summed E-state index contributed by atoms with van der Waals surface area (Å²) >= 11 is 2.04. The van der Waals surface area contributed by atoms with Crippen LogP contribution in [0.3, 0.4) is 0 Å². The van der Waals surface area contributed by atoms with Crippen LogP contribution in [0.5, 0.6) is 5.75 Å². The maximum absolute atomic E-state index is 12.4. The van der Waals surface area contributed by atoms with Gasteiger partial charge in [-0.15, -0.1) is 0 Å². The number of rotatable bonds is 2. The molecule has 1 aliphatic heterocycles. The molecule has 2 rings (SSSR count). The Bertz CT molecular complexity index is 545. The average Bonchev–Trinajstić information content (AvgIpc) is 2.75. The van der Waals surface area contributed by atoms with Crippen LogP contribution in [-0.2, 0) is 4.79 Å². The van der Waals surface area contributed by atoms with E-state index in [1.807, 2.05) is 22.6 Å². The van der Waals surface area contributed by atoms with Crippen LogP contribution in [-0.4, -0.2) is 39.1 Å². The highest BCUT2D eigenvalue weighted by Gasteiger charge is 2.46. The van der Waals surface area contributed by atoms with Crippen LogP contribution in [0.2, 0.25) is 0 Å². The number of carboxylic acids is 1. The second-order valence-corrected chi connectivity index (χ2v) is 6.05. The first-order valence-electron chi connectivity index (χ1n) is 5.90. The number of halogens is 1. The molecule has 2 N–H and O–H groups in total. The highest BCUT2D eigenvalue weighted by molar-refractivity contribution is 14.1. The molecular weight excluding hydrogens is 361 g/mol. The van der Waals surface area contributed by atoms with Crippen LogP contribution >= 0.6 is 22.6 Å². The van der Waals surface area contributed by atoms with E-state index >= 15 is 0 Å². The Hall–Kier alpha value is -1.31. The van der Waals surface area contributed by atoms with Crippen LogP contribution < -0.4 is 0 Å². The molecule has 1 fully saturated rings. The summed E-state index contributed by atoms with van der Waals surface area (Å²) in [6.07, 6.45) is 1.08. The van der Waals surface area contributed by atoms with Crippen LogP contribution in [0.1, 0.15) is 30.1 Å². The van der Waals surface area contributed by atoms with Crippen molar-refractivity contribution in [2.75, 3.05) is 6.54 Å². The van der Waals surface area contributed by atoms with Crippen LogP contribution in [0.25, 0.3) is 0 Å². The van der Waals surface area contributed by atoms with E-state index in [0.717, 1.165) is 3.57 Å². The Morgan fingerprint density at radius 1 is 1.42 bits per heavy atom. The molecule has 6 heteroatoms. The minimum atomic E-state index is -1.19. The van der Waals surface area contributed by atoms with Crippen molar-refractivity contribution in [2.45, 2.75) is 25.3 Å². The normalized spacial score (nSPS) is 22.5. The number of carbonyl (C=O) groups excluding carboxylic acids is 1. The van der Waals surface area contributed by atoms with Gasteiger partial charge in [0.25, 0.3) is 5.91 Å². The van der Waals surface area contributed by atoms with Gasteiger partial charge in [-0.25, -0.2) is 4.79 Å². The zero-order valence-electron chi connectivity index (χ0n) is 10.4. The fourth-order valence-electron chi connectivity index (χ4n) is 2.34. The number of benzene rings is 1. The van der Waals surface area contributed by atoms with Gasteiger partial charge >= 0.3 is 5.97 Å². The Morgan fingerprint density at radius 2 is 2.11 bits per heavy atom. The standard InChI is InChI=1S/C13H14INO4/c1-13(12(18)19)5-2-6-15(13)11(17)9-7-8(14)3-4-10(9)16/h3-4,7,16H,2,5-6H2,1H3,(H,18,19). The van der Waals surface area contributed by atoms with E-state index in [0.29, 0.717) is 19.4 Å². The first kappa shape index (κ1) is 14.1. The maximum atomic E-state index is 12.4. The number of phenolic OH excluding ortho intramolecular Hbond substituents is 1. The Kier molecular flexibility index (Phi) is 3.71. The van der Waals surface area contributed by atoms with Crippen molar-refractivity contribution in [3.63, 3.8) is 0 Å². The predicted octanol–water partition coefficient (Wildman–Crippen LogP) is 2.08. The third kappa shape index (κ3) is 2.41. The van der Waals surface area contributed by atoms with Gasteiger partial charge in [-0.2, -0.15) is 0 Å². The average molecular weight is 375 g/mol. The largest absolute Gasteiger partial charge is 0.507 e. The zero-order valence-corrected chi connectivity index (χ0v) is 12.5. The lowest BCUT2D eigenvalue weighted by Crippen LogP contribution is -2.50. The van der Waals surface area contributed by atoms with Crippen molar-refractivity contribution in [1.82, 2.24) is 4.90 Å². The molecule has 0 radical (unpaired) electrons. The molecule has 1 saturated heterocycles. The molecule has 1 atom stereocenters. The SMILES string of the molecule is CC1(C(=O)O)CCCN1C(=O)c1cc(I)ccc1O.